The molecule has 158 valence electrons. The number of ether oxygens (including phenoxy) is 1. The van der Waals surface area contributed by atoms with Gasteiger partial charge < -0.3 is 10.1 Å². The topological polar surface area (TPSA) is 86.1 Å². The number of nitrogens with zero attached hydrogens (tertiary/aromatic N) is 3. The van der Waals surface area contributed by atoms with E-state index in [-0.39, 0.29) is 23.6 Å². The van der Waals surface area contributed by atoms with E-state index in [1.165, 1.54) is 22.2 Å². The molecule has 31 heavy (non-hydrogen) atoms. The van der Waals surface area contributed by atoms with Crippen LogP contribution in [0.4, 0.5) is 5.69 Å². The molecule has 0 aliphatic carbocycles. The third-order valence-electron chi connectivity index (χ3n) is 5.26. The first-order chi connectivity index (χ1) is 14.8. The number of pyridine rings is 1. The Morgan fingerprint density at radius 2 is 2.10 bits per heavy atom. The first-order valence-corrected chi connectivity index (χ1v) is 11.4. The van der Waals surface area contributed by atoms with Gasteiger partial charge in [0, 0.05) is 27.5 Å². The second-order valence-corrected chi connectivity index (χ2v) is 10.1. The first-order valence-electron chi connectivity index (χ1n) is 9.79. The molecule has 1 aliphatic rings. The van der Waals surface area contributed by atoms with Gasteiger partial charge in [-0.25, -0.2) is 9.97 Å². The molecule has 1 aromatic carbocycles. The predicted molar refractivity (Wildman–Crippen MR) is 125 cm³/mol. The van der Waals surface area contributed by atoms with Crippen LogP contribution in [0.1, 0.15) is 25.1 Å². The lowest BCUT2D eigenvalue weighted by molar-refractivity contribution is -0.116. The molecule has 4 heterocycles. The molecule has 1 amide bonds. The Morgan fingerprint density at radius 1 is 1.32 bits per heavy atom. The summed E-state index contributed by atoms with van der Waals surface area (Å²) in [5.74, 6) is -0.292. The van der Waals surface area contributed by atoms with Gasteiger partial charge in [-0.1, -0.05) is 15.9 Å². The molecule has 9 heteroatoms. The van der Waals surface area contributed by atoms with Crippen LogP contribution in [0.2, 0.25) is 0 Å². The van der Waals surface area contributed by atoms with E-state index in [9.17, 15) is 9.59 Å². The zero-order chi connectivity index (χ0) is 21.8. The normalized spacial score (nSPS) is 15.2. The van der Waals surface area contributed by atoms with Crippen molar-refractivity contribution in [1.82, 2.24) is 14.5 Å². The summed E-state index contributed by atoms with van der Waals surface area (Å²) in [4.78, 5) is 35.6. The van der Waals surface area contributed by atoms with Crippen molar-refractivity contribution in [3.63, 3.8) is 0 Å². The Bertz CT molecular complexity index is 1390. The smallest absolute Gasteiger partial charge is 0.271 e. The van der Waals surface area contributed by atoms with Gasteiger partial charge in [-0.3, -0.25) is 14.2 Å². The Hall–Kier alpha value is -2.62. The minimum atomic E-state index is -0.292. The molecule has 0 bridgehead atoms. The molecule has 7 nitrogen and oxygen atoms in total. The van der Waals surface area contributed by atoms with Crippen LogP contribution in [0.25, 0.3) is 20.4 Å². The van der Waals surface area contributed by atoms with Gasteiger partial charge in [0.05, 0.1) is 29.7 Å². The van der Waals surface area contributed by atoms with Gasteiger partial charge in [0.1, 0.15) is 16.1 Å². The van der Waals surface area contributed by atoms with E-state index < -0.39 is 0 Å². The lowest BCUT2D eigenvalue weighted by Crippen LogP contribution is -2.32. The standard InChI is InChI=1S/C22H19BrN4O3S/c1-22(2)8-16-12(10-30-22)7-15-18-19(31-20(15)26-16)21(29)27(11-24-18)9-17(28)25-14-5-3-13(23)4-6-14/h3-7,11H,8-10H2,1-2H3,(H,25,28). The van der Waals surface area contributed by atoms with E-state index in [4.69, 9.17) is 9.72 Å². The van der Waals surface area contributed by atoms with E-state index in [0.29, 0.717) is 22.5 Å². The second kappa shape index (κ2) is 7.51. The van der Waals surface area contributed by atoms with E-state index in [2.05, 4.69) is 26.2 Å². The highest BCUT2D eigenvalue weighted by Gasteiger charge is 2.28. The molecule has 0 fully saturated rings. The molecule has 0 atom stereocenters. The maximum atomic E-state index is 13.0. The Balaban J connectivity index is 1.47. The SMILES string of the molecule is CC1(C)Cc2nc3sc4c(=O)n(CC(=O)Nc5ccc(Br)cc5)cnc4c3cc2CO1. The number of hydrogen-bond acceptors (Lipinski definition) is 6. The van der Waals surface area contributed by atoms with Gasteiger partial charge >= 0.3 is 0 Å². The largest absolute Gasteiger partial charge is 0.370 e. The summed E-state index contributed by atoms with van der Waals surface area (Å²) >= 11 is 4.69. The molecular weight excluding hydrogens is 480 g/mol. The quantitative estimate of drug-likeness (QED) is 0.456. The molecule has 0 saturated carbocycles. The van der Waals surface area contributed by atoms with Gasteiger partial charge in [-0.15, -0.1) is 11.3 Å². The maximum Gasteiger partial charge on any atom is 0.271 e. The van der Waals surface area contributed by atoms with Gasteiger partial charge in [0.15, 0.2) is 0 Å². The average molecular weight is 499 g/mol. The number of rotatable bonds is 3. The van der Waals surface area contributed by atoms with Crippen LogP contribution in [-0.2, 0) is 29.1 Å². The lowest BCUT2D eigenvalue weighted by atomic mass is 9.95. The van der Waals surface area contributed by atoms with Crippen molar-refractivity contribution in [2.75, 3.05) is 5.32 Å². The Morgan fingerprint density at radius 3 is 2.87 bits per heavy atom. The van der Waals surface area contributed by atoms with Crippen molar-refractivity contribution >= 4 is 59.3 Å². The van der Waals surface area contributed by atoms with Gasteiger partial charge in [-0.05, 0) is 44.2 Å². The third-order valence-corrected chi connectivity index (χ3v) is 6.87. The molecule has 0 saturated heterocycles. The van der Waals surface area contributed by atoms with E-state index >= 15 is 0 Å². The molecule has 0 unspecified atom stereocenters. The first kappa shape index (κ1) is 20.3. The summed E-state index contributed by atoms with van der Waals surface area (Å²) in [6.45, 7) is 4.48. The second-order valence-electron chi connectivity index (χ2n) is 8.18. The number of hydrogen-bond donors (Lipinski definition) is 1. The molecule has 4 aromatic rings. The Labute approximate surface area is 190 Å². The fraction of sp³-hybridized carbons (Fsp3) is 0.273. The highest BCUT2D eigenvalue weighted by Crippen LogP contribution is 2.34. The zero-order valence-electron chi connectivity index (χ0n) is 16.9. The van der Waals surface area contributed by atoms with Gasteiger partial charge in [0.2, 0.25) is 5.91 Å². The van der Waals surface area contributed by atoms with Crippen LogP contribution < -0.4 is 10.9 Å². The number of aromatic nitrogens is 3. The summed E-state index contributed by atoms with van der Waals surface area (Å²) in [5, 5.41) is 3.65. The summed E-state index contributed by atoms with van der Waals surface area (Å²) in [7, 11) is 0. The molecule has 3 aromatic heterocycles. The summed E-state index contributed by atoms with van der Waals surface area (Å²) in [6, 6.07) is 9.28. The summed E-state index contributed by atoms with van der Waals surface area (Å²) < 4.78 is 8.66. The van der Waals surface area contributed by atoms with Gasteiger partial charge in [-0.2, -0.15) is 0 Å². The fourth-order valence-corrected chi connectivity index (χ4v) is 5.02. The number of nitrogens with one attached hydrogen (secondary N) is 1. The Kier molecular flexibility index (Phi) is 4.91. The molecule has 0 spiro atoms. The van der Waals surface area contributed by atoms with Crippen LogP contribution in [-0.4, -0.2) is 26.0 Å². The van der Waals surface area contributed by atoms with Crippen molar-refractivity contribution < 1.29 is 9.53 Å². The molecule has 1 N–H and O–H groups in total. The fourth-order valence-electron chi connectivity index (χ4n) is 3.68. The van der Waals surface area contributed by atoms with Crippen molar-refractivity contribution in [3.05, 3.63) is 62.7 Å². The van der Waals surface area contributed by atoms with E-state index in [0.717, 1.165) is 32.4 Å². The number of carbonyl (C=O) groups is 1. The number of fused-ring (bicyclic) bond motifs is 4. The number of carbonyl (C=O) groups excluding carboxylic acids is 1. The minimum Gasteiger partial charge on any atom is -0.370 e. The third kappa shape index (κ3) is 3.88. The van der Waals surface area contributed by atoms with Crippen molar-refractivity contribution in [1.29, 1.82) is 0 Å². The molecule has 1 aliphatic heterocycles. The maximum absolute atomic E-state index is 13.0. The molecule has 0 radical (unpaired) electrons. The molecular formula is C22H19BrN4O3S. The van der Waals surface area contributed by atoms with Crippen LogP contribution >= 0.6 is 27.3 Å². The minimum absolute atomic E-state index is 0.113. The van der Waals surface area contributed by atoms with Crippen LogP contribution in [0.5, 0.6) is 0 Å². The van der Waals surface area contributed by atoms with E-state index in [1.54, 1.807) is 12.1 Å². The highest BCUT2D eigenvalue weighted by molar-refractivity contribution is 9.10. The van der Waals surface area contributed by atoms with Gasteiger partial charge in [0.25, 0.3) is 5.56 Å². The summed E-state index contributed by atoms with van der Waals surface area (Å²) in [5.41, 5.74) is 2.83. The number of thiophene rings is 1. The van der Waals surface area contributed by atoms with Crippen LogP contribution in [0.3, 0.4) is 0 Å². The van der Waals surface area contributed by atoms with Crippen molar-refractivity contribution in [3.8, 4) is 0 Å². The van der Waals surface area contributed by atoms with Crippen LogP contribution in [0.15, 0.2) is 45.9 Å². The molecule has 5 rings (SSSR count). The average Bonchev–Trinajstić information content (AvgIpc) is 3.08. The number of halogens is 1. The number of anilines is 1. The highest BCUT2D eigenvalue weighted by atomic mass is 79.9. The zero-order valence-corrected chi connectivity index (χ0v) is 19.3. The monoisotopic (exact) mass is 498 g/mol. The summed E-state index contributed by atoms with van der Waals surface area (Å²) in [6.07, 6.45) is 2.15. The van der Waals surface area contributed by atoms with E-state index in [1.807, 2.05) is 32.0 Å². The van der Waals surface area contributed by atoms with Crippen molar-refractivity contribution in [2.45, 2.75) is 39.0 Å². The predicted octanol–water partition coefficient (Wildman–Crippen LogP) is 4.26. The number of benzene rings is 1. The van der Waals surface area contributed by atoms with Crippen molar-refractivity contribution in [2.24, 2.45) is 0 Å². The lowest BCUT2D eigenvalue weighted by Gasteiger charge is -2.30. The van der Waals surface area contributed by atoms with Crippen LogP contribution in [0, 0.1) is 0 Å². The number of amides is 1.